The van der Waals surface area contributed by atoms with E-state index in [4.69, 9.17) is 15.7 Å². The summed E-state index contributed by atoms with van der Waals surface area (Å²) in [5.41, 5.74) is 8.64. The first-order chi connectivity index (χ1) is 10.4. The van der Waals surface area contributed by atoms with Crippen molar-refractivity contribution in [1.29, 1.82) is 0 Å². The molecular formula is C18H30N4. The first-order valence-corrected chi connectivity index (χ1v) is 8.83. The molecule has 1 aromatic heterocycles. The molecule has 2 fully saturated rings. The molecule has 0 atom stereocenters. The summed E-state index contributed by atoms with van der Waals surface area (Å²) in [6, 6.07) is 0.362. The highest BCUT2D eigenvalue weighted by atomic mass is 15.2. The molecule has 2 aliphatic rings. The monoisotopic (exact) mass is 302 g/mol. The predicted octanol–water partition coefficient (Wildman–Crippen LogP) is 3.36. The zero-order chi connectivity index (χ0) is 15.7. The zero-order valence-corrected chi connectivity index (χ0v) is 14.3. The minimum Gasteiger partial charge on any atom is -0.369 e. The lowest BCUT2D eigenvalue weighted by molar-refractivity contribution is 0.494. The van der Waals surface area contributed by atoms with E-state index in [2.05, 4.69) is 31.9 Å². The molecule has 122 valence electrons. The van der Waals surface area contributed by atoms with Crippen molar-refractivity contribution in [1.82, 2.24) is 9.97 Å². The summed E-state index contributed by atoms with van der Waals surface area (Å²) < 4.78 is 0. The van der Waals surface area contributed by atoms with Gasteiger partial charge in [0.2, 0.25) is 0 Å². The van der Waals surface area contributed by atoms with Crippen LogP contribution >= 0.6 is 0 Å². The standard InChI is InChI=1S/C18H30N4/c1-18(2,3)17-20-12-15(22-10-8-14(19)9-11-22)16(21-17)13-6-4-5-7-13/h12-14H,4-11,19H2,1-3H3. The van der Waals surface area contributed by atoms with Gasteiger partial charge in [-0.25, -0.2) is 9.97 Å². The maximum Gasteiger partial charge on any atom is 0.134 e. The summed E-state index contributed by atoms with van der Waals surface area (Å²) in [6.07, 6.45) is 9.46. The molecule has 0 unspecified atom stereocenters. The van der Waals surface area contributed by atoms with Crippen LogP contribution in [0.25, 0.3) is 0 Å². The van der Waals surface area contributed by atoms with Crippen molar-refractivity contribution in [2.75, 3.05) is 18.0 Å². The molecule has 0 radical (unpaired) electrons. The summed E-state index contributed by atoms with van der Waals surface area (Å²) in [7, 11) is 0. The summed E-state index contributed by atoms with van der Waals surface area (Å²) in [6.45, 7) is 8.67. The third-order valence-electron chi connectivity index (χ3n) is 5.09. The van der Waals surface area contributed by atoms with Gasteiger partial charge in [-0.1, -0.05) is 33.6 Å². The van der Waals surface area contributed by atoms with Crippen LogP contribution in [-0.2, 0) is 5.41 Å². The van der Waals surface area contributed by atoms with Gasteiger partial charge in [0, 0.05) is 30.5 Å². The Balaban J connectivity index is 1.94. The summed E-state index contributed by atoms with van der Waals surface area (Å²) >= 11 is 0. The fraction of sp³-hybridized carbons (Fsp3) is 0.778. The van der Waals surface area contributed by atoms with E-state index in [9.17, 15) is 0 Å². The maximum atomic E-state index is 6.06. The number of hydrogen-bond donors (Lipinski definition) is 1. The van der Waals surface area contributed by atoms with Gasteiger partial charge in [0.05, 0.1) is 17.6 Å². The van der Waals surface area contributed by atoms with E-state index in [1.807, 2.05) is 0 Å². The molecule has 1 saturated carbocycles. The molecule has 4 heteroatoms. The Kier molecular flexibility index (Phi) is 4.40. The first-order valence-electron chi connectivity index (χ1n) is 8.83. The largest absolute Gasteiger partial charge is 0.369 e. The first kappa shape index (κ1) is 15.7. The van der Waals surface area contributed by atoms with Crippen LogP contribution < -0.4 is 10.6 Å². The van der Waals surface area contributed by atoms with Crippen molar-refractivity contribution < 1.29 is 0 Å². The Morgan fingerprint density at radius 3 is 2.32 bits per heavy atom. The Morgan fingerprint density at radius 1 is 1.09 bits per heavy atom. The van der Waals surface area contributed by atoms with Gasteiger partial charge in [-0.15, -0.1) is 0 Å². The molecular weight excluding hydrogens is 272 g/mol. The van der Waals surface area contributed by atoms with E-state index in [-0.39, 0.29) is 5.41 Å². The van der Waals surface area contributed by atoms with Crippen LogP contribution in [-0.4, -0.2) is 29.1 Å². The van der Waals surface area contributed by atoms with E-state index in [1.165, 1.54) is 37.1 Å². The molecule has 0 amide bonds. The van der Waals surface area contributed by atoms with Gasteiger partial charge < -0.3 is 10.6 Å². The fourth-order valence-corrected chi connectivity index (χ4v) is 3.63. The molecule has 22 heavy (non-hydrogen) atoms. The maximum absolute atomic E-state index is 6.06. The normalized spacial score (nSPS) is 21.5. The molecule has 1 aromatic rings. The van der Waals surface area contributed by atoms with Crippen LogP contribution in [0, 0.1) is 0 Å². The molecule has 0 spiro atoms. The third-order valence-corrected chi connectivity index (χ3v) is 5.09. The number of anilines is 1. The van der Waals surface area contributed by atoms with E-state index >= 15 is 0 Å². The number of hydrogen-bond acceptors (Lipinski definition) is 4. The lowest BCUT2D eigenvalue weighted by Gasteiger charge is -2.34. The SMILES string of the molecule is CC(C)(C)c1ncc(N2CCC(N)CC2)c(C2CCCC2)n1. The number of piperidine rings is 1. The number of nitrogens with two attached hydrogens (primary N) is 1. The highest BCUT2D eigenvalue weighted by molar-refractivity contribution is 5.51. The van der Waals surface area contributed by atoms with Crippen molar-refractivity contribution in [3.05, 3.63) is 17.7 Å². The van der Waals surface area contributed by atoms with Crippen molar-refractivity contribution in [2.24, 2.45) is 5.73 Å². The lowest BCUT2D eigenvalue weighted by Crippen LogP contribution is -2.40. The quantitative estimate of drug-likeness (QED) is 0.910. The third kappa shape index (κ3) is 3.27. The van der Waals surface area contributed by atoms with Crippen LogP contribution in [0.2, 0.25) is 0 Å². The Morgan fingerprint density at radius 2 is 1.73 bits per heavy atom. The average molecular weight is 302 g/mol. The van der Waals surface area contributed by atoms with Gasteiger partial charge in [-0.3, -0.25) is 0 Å². The molecule has 0 aromatic carbocycles. The van der Waals surface area contributed by atoms with Crippen LogP contribution in [0.1, 0.15) is 76.7 Å². The highest BCUT2D eigenvalue weighted by Gasteiger charge is 2.28. The minimum atomic E-state index is 0.0101. The predicted molar refractivity (Wildman–Crippen MR) is 91.4 cm³/mol. The lowest BCUT2D eigenvalue weighted by atomic mass is 9.94. The van der Waals surface area contributed by atoms with Gasteiger partial charge in [0.15, 0.2) is 0 Å². The second kappa shape index (κ2) is 6.15. The zero-order valence-electron chi connectivity index (χ0n) is 14.3. The van der Waals surface area contributed by atoms with Crippen LogP contribution in [0.15, 0.2) is 6.20 Å². The Labute approximate surface area is 134 Å². The van der Waals surface area contributed by atoms with E-state index < -0.39 is 0 Å². The van der Waals surface area contributed by atoms with Crippen molar-refractivity contribution >= 4 is 5.69 Å². The van der Waals surface area contributed by atoms with Crippen LogP contribution in [0.3, 0.4) is 0 Å². The van der Waals surface area contributed by atoms with Crippen molar-refractivity contribution in [3.63, 3.8) is 0 Å². The molecule has 1 saturated heterocycles. The second-order valence-electron chi connectivity index (χ2n) is 8.02. The number of aromatic nitrogens is 2. The van der Waals surface area contributed by atoms with E-state index in [1.54, 1.807) is 0 Å². The molecule has 3 rings (SSSR count). The fourth-order valence-electron chi connectivity index (χ4n) is 3.63. The van der Waals surface area contributed by atoms with Gasteiger partial charge in [0.1, 0.15) is 5.82 Å². The second-order valence-corrected chi connectivity index (χ2v) is 8.02. The van der Waals surface area contributed by atoms with E-state index in [0.29, 0.717) is 12.0 Å². The highest BCUT2D eigenvalue weighted by Crippen LogP contribution is 2.39. The molecule has 1 aliphatic carbocycles. The molecule has 2 heterocycles. The average Bonchev–Trinajstić information content (AvgIpc) is 3.01. The van der Waals surface area contributed by atoms with Gasteiger partial charge in [0.25, 0.3) is 0 Å². The smallest absolute Gasteiger partial charge is 0.134 e. The van der Waals surface area contributed by atoms with Crippen molar-refractivity contribution in [3.8, 4) is 0 Å². The summed E-state index contributed by atoms with van der Waals surface area (Å²) in [4.78, 5) is 12.2. The molecule has 4 nitrogen and oxygen atoms in total. The van der Waals surface area contributed by atoms with E-state index in [0.717, 1.165) is 31.8 Å². The topological polar surface area (TPSA) is 55.0 Å². The van der Waals surface area contributed by atoms with Crippen LogP contribution in [0.4, 0.5) is 5.69 Å². The van der Waals surface area contributed by atoms with Crippen LogP contribution in [0.5, 0.6) is 0 Å². The Bertz CT molecular complexity index is 506. The van der Waals surface area contributed by atoms with Gasteiger partial charge >= 0.3 is 0 Å². The Hall–Kier alpha value is -1.16. The number of rotatable bonds is 2. The molecule has 0 bridgehead atoms. The molecule has 2 N–H and O–H groups in total. The summed E-state index contributed by atoms with van der Waals surface area (Å²) in [5.74, 6) is 1.60. The summed E-state index contributed by atoms with van der Waals surface area (Å²) in [5, 5.41) is 0. The van der Waals surface area contributed by atoms with Gasteiger partial charge in [-0.2, -0.15) is 0 Å². The molecule has 1 aliphatic heterocycles. The minimum absolute atomic E-state index is 0.0101. The number of nitrogens with zero attached hydrogens (tertiary/aromatic N) is 3. The van der Waals surface area contributed by atoms with Crippen molar-refractivity contribution in [2.45, 2.75) is 76.7 Å². The van der Waals surface area contributed by atoms with Gasteiger partial charge in [-0.05, 0) is 25.7 Å².